The van der Waals surface area contributed by atoms with Crippen molar-refractivity contribution in [3.8, 4) is 0 Å². The fraction of sp³-hybridized carbons (Fsp3) is 0.400. The summed E-state index contributed by atoms with van der Waals surface area (Å²) < 4.78 is 18.4. The van der Waals surface area contributed by atoms with E-state index in [4.69, 9.17) is 4.42 Å². The van der Waals surface area contributed by atoms with E-state index in [-0.39, 0.29) is 30.2 Å². The van der Waals surface area contributed by atoms with E-state index in [0.29, 0.717) is 31.1 Å². The molecule has 1 aromatic carbocycles. The summed E-state index contributed by atoms with van der Waals surface area (Å²) in [5.41, 5.74) is 0.655. The summed E-state index contributed by atoms with van der Waals surface area (Å²) in [7, 11) is 0. The van der Waals surface area contributed by atoms with Gasteiger partial charge in [0.2, 0.25) is 11.8 Å². The summed E-state index contributed by atoms with van der Waals surface area (Å²) in [6.45, 7) is 3.54. The van der Waals surface area contributed by atoms with Gasteiger partial charge >= 0.3 is 0 Å². The minimum atomic E-state index is -0.338. The van der Waals surface area contributed by atoms with Crippen LogP contribution >= 0.6 is 0 Å². The monoisotopic (exact) mass is 373 g/mol. The second-order valence-corrected chi connectivity index (χ2v) is 6.54. The molecule has 1 aliphatic rings. The second-order valence-electron chi connectivity index (χ2n) is 6.54. The van der Waals surface area contributed by atoms with Gasteiger partial charge in [0.15, 0.2) is 0 Å². The summed E-state index contributed by atoms with van der Waals surface area (Å²) in [6.07, 6.45) is 3.16. The highest BCUT2D eigenvalue weighted by molar-refractivity contribution is 5.95. The SMILES string of the molecule is CCN(C(=O)CN1CCC[C@@H]1C(=O)NCc1ccco1)c1ccc(F)cc1. The fourth-order valence-electron chi connectivity index (χ4n) is 3.40. The van der Waals surface area contributed by atoms with Gasteiger partial charge in [-0.3, -0.25) is 14.5 Å². The van der Waals surface area contributed by atoms with Crippen LogP contribution in [-0.2, 0) is 16.1 Å². The molecule has 1 aromatic heterocycles. The Balaban J connectivity index is 1.59. The number of hydrogen-bond acceptors (Lipinski definition) is 4. The molecule has 144 valence electrons. The van der Waals surface area contributed by atoms with Gasteiger partial charge in [-0.05, 0) is 62.7 Å². The smallest absolute Gasteiger partial charge is 0.241 e. The van der Waals surface area contributed by atoms with Crippen LogP contribution < -0.4 is 10.2 Å². The average Bonchev–Trinajstić information content (AvgIpc) is 3.34. The predicted octanol–water partition coefficient (Wildman–Crippen LogP) is 2.55. The molecule has 1 aliphatic heterocycles. The second kappa shape index (κ2) is 8.81. The summed E-state index contributed by atoms with van der Waals surface area (Å²) >= 11 is 0. The number of anilines is 1. The van der Waals surface area contributed by atoms with Gasteiger partial charge < -0.3 is 14.6 Å². The van der Waals surface area contributed by atoms with Crippen molar-refractivity contribution in [1.82, 2.24) is 10.2 Å². The topological polar surface area (TPSA) is 65.8 Å². The largest absolute Gasteiger partial charge is 0.467 e. The number of nitrogens with one attached hydrogen (secondary N) is 1. The highest BCUT2D eigenvalue weighted by Gasteiger charge is 2.32. The lowest BCUT2D eigenvalue weighted by atomic mass is 10.2. The van der Waals surface area contributed by atoms with Crippen molar-refractivity contribution in [3.63, 3.8) is 0 Å². The molecule has 0 spiro atoms. The molecule has 1 saturated heterocycles. The third-order valence-electron chi connectivity index (χ3n) is 4.78. The van der Waals surface area contributed by atoms with Gasteiger partial charge in [-0.25, -0.2) is 4.39 Å². The molecule has 0 saturated carbocycles. The van der Waals surface area contributed by atoms with Crippen LogP contribution in [0.5, 0.6) is 0 Å². The highest BCUT2D eigenvalue weighted by atomic mass is 19.1. The predicted molar refractivity (Wildman–Crippen MR) is 99.6 cm³/mol. The van der Waals surface area contributed by atoms with E-state index in [9.17, 15) is 14.0 Å². The third-order valence-corrected chi connectivity index (χ3v) is 4.78. The van der Waals surface area contributed by atoms with Crippen LogP contribution in [-0.4, -0.2) is 42.4 Å². The molecule has 0 bridgehead atoms. The van der Waals surface area contributed by atoms with Crippen LogP contribution in [0, 0.1) is 5.82 Å². The molecule has 7 heteroatoms. The van der Waals surface area contributed by atoms with Gasteiger partial charge in [0.25, 0.3) is 0 Å². The van der Waals surface area contributed by atoms with Crippen LogP contribution in [0.1, 0.15) is 25.5 Å². The number of amides is 2. The van der Waals surface area contributed by atoms with E-state index in [1.807, 2.05) is 11.8 Å². The molecule has 0 unspecified atom stereocenters. The van der Waals surface area contributed by atoms with Crippen molar-refractivity contribution < 1.29 is 18.4 Å². The molecule has 27 heavy (non-hydrogen) atoms. The van der Waals surface area contributed by atoms with Crippen molar-refractivity contribution in [2.24, 2.45) is 0 Å². The van der Waals surface area contributed by atoms with E-state index in [1.54, 1.807) is 35.4 Å². The Morgan fingerprint density at radius 1 is 1.30 bits per heavy atom. The van der Waals surface area contributed by atoms with Crippen LogP contribution in [0.15, 0.2) is 47.1 Å². The first-order valence-electron chi connectivity index (χ1n) is 9.18. The van der Waals surface area contributed by atoms with Gasteiger partial charge in [-0.15, -0.1) is 0 Å². The molecule has 2 amide bonds. The standard InChI is InChI=1S/C20H24FN3O3/c1-2-24(16-9-7-15(21)8-10-16)19(25)14-23-11-3-6-18(23)20(26)22-13-17-5-4-12-27-17/h4-5,7-10,12,18H,2-3,6,11,13-14H2,1H3,(H,22,26)/t18-/m1/s1. The molecule has 6 nitrogen and oxygen atoms in total. The number of likely N-dealkylation sites (N-methyl/N-ethyl adjacent to an activating group) is 1. The lowest BCUT2D eigenvalue weighted by Gasteiger charge is -2.27. The molecular formula is C20H24FN3O3. The van der Waals surface area contributed by atoms with Gasteiger partial charge in [0.05, 0.1) is 25.4 Å². The lowest BCUT2D eigenvalue weighted by Crippen LogP contribution is -2.47. The van der Waals surface area contributed by atoms with E-state index in [1.165, 1.54) is 12.1 Å². The number of rotatable bonds is 7. The first kappa shape index (κ1) is 19.1. The van der Waals surface area contributed by atoms with Crippen LogP contribution in [0.25, 0.3) is 0 Å². The van der Waals surface area contributed by atoms with Crippen molar-refractivity contribution in [3.05, 3.63) is 54.2 Å². The fourth-order valence-corrected chi connectivity index (χ4v) is 3.40. The molecule has 1 atom stereocenters. The van der Waals surface area contributed by atoms with Crippen LogP contribution in [0.4, 0.5) is 10.1 Å². The first-order valence-corrected chi connectivity index (χ1v) is 9.18. The van der Waals surface area contributed by atoms with Crippen LogP contribution in [0.3, 0.4) is 0 Å². The zero-order valence-corrected chi connectivity index (χ0v) is 15.4. The highest BCUT2D eigenvalue weighted by Crippen LogP contribution is 2.20. The molecule has 2 aromatic rings. The summed E-state index contributed by atoms with van der Waals surface area (Å²) in [5.74, 6) is 0.156. The number of halogens is 1. The number of benzene rings is 1. The summed E-state index contributed by atoms with van der Waals surface area (Å²) in [6, 6.07) is 9.12. The Morgan fingerprint density at radius 2 is 2.07 bits per heavy atom. The van der Waals surface area contributed by atoms with E-state index in [2.05, 4.69) is 5.32 Å². The Kier molecular flexibility index (Phi) is 6.24. The number of carbonyl (C=O) groups is 2. The maximum atomic E-state index is 13.1. The zero-order valence-electron chi connectivity index (χ0n) is 15.4. The maximum Gasteiger partial charge on any atom is 0.241 e. The molecule has 0 aliphatic carbocycles. The molecule has 0 radical (unpaired) electrons. The zero-order chi connectivity index (χ0) is 19.2. The molecule has 1 fully saturated rings. The lowest BCUT2D eigenvalue weighted by molar-refractivity contribution is -0.127. The van der Waals surface area contributed by atoms with Gasteiger partial charge in [-0.1, -0.05) is 0 Å². The maximum absolute atomic E-state index is 13.1. The number of nitrogens with zero attached hydrogens (tertiary/aromatic N) is 2. The Bertz CT molecular complexity index is 761. The van der Waals surface area contributed by atoms with E-state index >= 15 is 0 Å². The molecule has 3 rings (SSSR count). The number of carbonyl (C=O) groups excluding carboxylic acids is 2. The number of furan rings is 1. The third kappa shape index (κ3) is 4.74. The molecular weight excluding hydrogens is 349 g/mol. The van der Waals surface area contributed by atoms with Crippen molar-refractivity contribution >= 4 is 17.5 Å². The van der Waals surface area contributed by atoms with E-state index < -0.39 is 0 Å². The van der Waals surface area contributed by atoms with Crippen molar-refractivity contribution in [1.29, 1.82) is 0 Å². The minimum Gasteiger partial charge on any atom is -0.467 e. The Morgan fingerprint density at radius 3 is 2.74 bits per heavy atom. The quantitative estimate of drug-likeness (QED) is 0.810. The van der Waals surface area contributed by atoms with E-state index in [0.717, 1.165) is 12.8 Å². The average molecular weight is 373 g/mol. The molecule has 2 heterocycles. The Hall–Kier alpha value is -2.67. The summed E-state index contributed by atoms with van der Waals surface area (Å²) in [4.78, 5) is 28.8. The minimum absolute atomic E-state index is 0.0958. The number of hydrogen-bond donors (Lipinski definition) is 1. The Labute approximate surface area is 157 Å². The van der Waals surface area contributed by atoms with Gasteiger partial charge in [-0.2, -0.15) is 0 Å². The normalized spacial score (nSPS) is 17.0. The number of likely N-dealkylation sites (tertiary alicyclic amines) is 1. The van der Waals surface area contributed by atoms with Crippen molar-refractivity contribution in [2.75, 3.05) is 24.5 Å². The first-order chi connectivity index (χ1) is 13.1. The van der Waals surface area contributed by atoms with Crippen molar-refractivity contribution in [2.45, 2.75) is 32.4 Å². The van der Waals surface area contributed by atoms with Gasteiger partial charge in [0.1, 0.15) is 11.6 Å². The summed E-state index contributed by atoms with van der Waals surface area (Å²) in [5, 5.41) is 2.87. The van der Waals surface area contributed by atoms with Gasteiger partial charge in [0, 0.05) is 12.2 Å². The van der Waals surface area contributed by atoms with Crippen LogP contribution in [0.2, 0.25) is 0 Å². The molecule has 1 N–H and O–H groups in total.